The predicted molar refractivity (Wildman–Crippen MR) is 101 cm³/mol. The number of hydrogen-bond acceptors (Lipinski definition) is 5. The maximum absolute atomic E-state index is 12.4. The predicted octanol–water partition coefficient (Wildman–Crippen LogP) is 0.820. The number of carbonyl (C=O) groups excluding carboxylic acids is 3. The molecule has 1 aliphatic rings. The summed E-state index contributed by atoms with van der Waals surface area (Å²) in [6.45, 7) is 1.57. The summed E-state index contributed by atoms with van der Waals surface area (Å²) < 4.78 is 4.51. The maximum Gasteiger partial charge on any atom is 0.325 e. The van der Waals surface area contributed by atoms with E-state index in [-0.39, 0.29) is 24.8 Å². The molecule has 0 spiro atoms. The highest BCUT2D eigenvalue weighted by atomic mass is 16.5. The molecule has 3 rings (SSSR count). The second-order valence-electron chi connectivity index (χ2n) is 6.47. The van der Waals surface area contributed by atoms with Gasteiger partial charge in [-0.3, -0.25) is 19.3 Å². The number of rotatable bonds is 6. The van der Waals surface area contributed by atoms with Crippen LogP contribution in [-0.4, -0.2) is 55.5 Å². The van der Waals surface area contributed by atoms with Gasteiger partial charge in [-0.05, 0) is 16.3 Å². The average Bonchev–Trinajstić information content (AvgIpc) is 2.69. The molecule has 0 aliphatic carbocycles. The molecule has 1 saturated heterocycles. The van der Waals surface area contributed by atoms with Crippen LogP contribution in [-0.2, 0) is 25.7 Å². The highest BCUT2D eigenvalue weighted by molar-refractivity contribution is 5.90. The minimum absolute atomic E-state index is 0.00636. The molecule has 2 amide bonds. The number of methoxy groups -OCH3 is 1. The number of carbonyl (C=O) groups is 3. The number of nitrogens with zero attached hydrogens (tertiary/aromatic N) is 1. The lowest BCUT2D eigenvalue weighted by atomic mass is 10.0. The average molecular weight is 369 g/mol. The van der Waals surface area contributed by atoms with Crippen LogP contribution in [0.5, 0.6) is 0 Å². The summed E-state index contributed by atoms with van der Waals surface area (Å²) in [7, 11) is 1.26. The van der Waals surface area contributed by atoms with Gasteiger partial charge in [0.25, 0.3) is 0 Å². The van der Waals surface area contributed by atoms with Crippen LogP contribution in [0.4, 0.5) is 0 Å². The first-order chi connectivity index (χ1) is 13.1. The van der Waals surface area contributed by atoms with E-state index in [1.54, 1.807) is 0 Å². The normalized spacial score (nSPS) is 17.4. The van der Waals surface area contributed by atoms with E-state index in [2.05, 4.69) is 33.6 Å². The summed E-state index contributed by atoms with van der Waals surface area (Å²) in [6, 6.07) is 13.6. The highest BCUT2D eigenvalue weighted by Gasteiger charge is 2.31. The summed E-state index contributed by atoms with van der Waals surface area (Å²) in [5.41, 5.74) is 1.11. The SMILES string of the molecule is COC(=O)CNC(=O)C[C@H]1C(=O)NCCN1Cc1cccc2ccccc12. The molecule has 2 aromatic carbocycles. The molecule has 2 N–H and O–H groups in total. The molecule has 0 saturated carbocycles. The molecule has 1 heterocycles. The second-order valence-corrected chi connectivity index (χ2v) is 6.47. The summed E-state index contributed by atoms with van der Waals surface area (Å²) in [5.74, 6) is -1.05. The van der Waals surface area contributed by atoms with Crippen LogP contribution in [0.15, 0.2) is 42.5 Å². The number of fused-ring (bicyclic) bond motifs is 1. The van der Waals surface area contributed by atoms with Crippen LogP contribution in [0.2, 0.25) is 0 Å². The lowest BCUT2D eigenvalue weighted by Gasteiger charge is -2.35. The van der Waals surface area contributed by atoms with Gasteiger partial charge in [0.15, 0.2) is 0 Å². The fourth-order valence-electron chi connectivity index (χ4n) is 3.31. The molecule has 0 radical (unpaired) electrons. The van der Waals surface area contributed by atoms with E-state index in [0.29, 0.717) is 19.6 Å². The van der Waals surface area contributed by atoms with Gasteiger partial charge in [-0.15, -0.1) is 0 Å². The molecule has 2 aromatic rings. The van der Waals surface area contributed by atoms with E-state index in [0.717, 1.165) is 16.3 Å². The number of benzene rings is 2. The Bertz CT molecular complexity index is 847. The van der Waals surface area contributed by atoms with Crippen LogP contribution in [0.3, 0.4) is 0 Å². The fraction of sp³-hybridized carbons (Fsp3) is 0.350. The third-order valence-corrected chi connectivity index (χ3v) is 4.73. The molecule has 0 aromatic heterocycles. The zero-order valence-electron chi connectivity index (χ0n) is 15.2. The largest absolute Gasteiger partial charge is 0.468 e. The second kappa shape index (κ2) is 8.64. The van der Waals surface area contributed by atoms with Crippen LogP contribution in [0, 0.1) is 0 Å². The number of ether oxygens (including phenoxy) is 1. The van der Waals surface area contributed by atoms with Gasteiger partial charge >= 0.3 is 5.97 Å². The number of piperazine rings is 1. The number of amides is 2. The molecule has 1 aliphatic heterocycles. The first-order valence-electron chi connectivity index (χ1n) is 8.90. The van der Waals surface area contributed by atoms with Crippen molar-refractivity contribution < 1.29 is 19.1 Å². The number of nitrogens with one attached hydrogen (secondary N) is 2. The van der Waals surface area contributed by atoms with Gasteiger partial charge in [0.05, 0.1) is 19.6 Å². The lowest BCUT2D eigenvalue weighted by Crippen LogP contribution is -2.56. The Labute approximate surface area is 157 Å². The van der Waals surface area contributed by atoms with Crippen LogP contribution in [0.1, 0.15) is 12.0 Å². The molecule has 7 heteroatoms. The molecule has 27 heavy (non-hydrogen) atoms. The van der Waals surface area contributed by atoms with E-state index in [9.17, 15) is 14.4 Å². The quantitative estimate of drug-likeness (QED) is 0.736. The molecule has 0 unspecified atom stereocenters. The highest BCUT2D eigenvalue weighted by Crippen LogP contribution is 2.22. The number of esters is 1. The van der Waals surface area contributed by atoms with Crippen LogP contribution >= 0.6 is 0 Å². The lowest BCUT2D eigenvalue weighted by molar-refractivity contribution is -0.141. The minimum Gasteiger partial charge on any atom is -0.468 e. The molecular formula is C20H23N3O4. The first-order valence-corrected chi connectivity index (χ1v) is 8.90. The van der Waals surface area contributed by atoms with Gasteiger partial charge in [-0.2, -0.15) is 0 Å². The van der Waals surface area contributed by atoms with Crippen molar-refractivity contribution in [3.63, 3.8) is 0 Å². The molecule has 1 atom stereocenters. The van der Waals surface area contributed by atoms with Crippen molar-refractivity contribution in [1.29, 1.82) is 0 Å². The maximum atomic E-state index is 12.4. The van der Waals surface area contributed by atoms with Gasteiger partial charge in [-0.1, -0.05) is 42.5 Å². The molecular weight excluding hydrogens is 346 g/mol. The van der Waals surface area contributed by atoms with Crippen LogP contribution in [0.25, 0.3) is 10.8 Å². The zero-order chi connectivity index (χ0) is 19.2. The third-order valence-electron chi connectivity index (χ3n) is 4.73. The smallest absolute Gasteiger partial charge is 0.325 e. The van der Waals surface area contributed by atoms with Crippen molar-refractivity contribution in [1.82, 2.24) is 15.5 Å². The van der Waals surface area contributed by atoms with Crippen molar-refractivity contribution in [2.24, 2.45) is 0 Å². The Morgan fingerprint density at radius 3 is 2.81 bits per heavy atom. The van der Waals surface area contributed by atoms with Gasteiger partial charge < -0.3 is 15.4 Å². The third kappa shape index (κ3) is 4.62. The van der Waals surface area contributed by atoms with Crippen LogP contribution < -0.4 is 10.6 Å². The van der Waals surface area contributed by atoms with E-state index < -0.39 is 12.0 Å². The van der Waals surface area contributed by atoms with Gasteiger partial charge in [0, 0.05) is 19.6 Å². The number of hydrogen-bond donors (Lipinski definition) is 2. The summed E-state index contributed by atoms with van der Waals surface area (Å²) >= 11 is 0. The summed E-state index contributed by atoms with van der Waals surface area (Å²) in [5, 5.41) is 7.59. The molecule has 7 nitrogen and oxygen atoms in total. The monoisotopic (exact) mass is 369 g/mol. The fourth-order valence-corrected chi connectivity index (χ4v) is 3.31. The van der Waals surface area contributed by atoms with Crippen molar-refractivity contribution >= 4 is 28.6 Å². The Balaban J connectivity index is 1.73. The molecule has 1 fully saturated rings. The van der Waals surface area contributed by atoms with E-state index in [1.165, 1.54) is 7.11 Å². The standard InChI is InChI=1S/C20H23N3O4/c1-27-19(25)12-22-18(24)11-17-20(26)21-9-10-23(17)13-15-7-4-6-14-5-2-3-8-16(14)15/h2-8,17H,9-13H2,1H3,(H,21,26)(H,22,24)/t17-/m0/s1. The molecule has 142 valence electrons. The molecule has 0 bridgehead atoms. The van der Waals surface area contributed by atoms with Crippen molar-refractivity contribution in [2.45, 2.75) is 19.0 Å². The van der Waals surface area contributed by atoms with E-state index in [4.69, 9.17) is 0 Å². The Hall–Kier alpha value is -2.93. The Morgan fingerprint density at radius 2 is 2.00 bits per heavy atom. The van der Waals surface area contributed by atoms with Gasteiger partial charge in [0.1, 0.15) is 6.54 Å². The Kier molecular flexibility index (Phi) is 6.03. The summed E-state index contributed by atoms with van der Waals surface area (Å²) in [6.07, 6.45) is -0.00636. The van der Waals surface area contributed by atoms with E-state index >= 15 is 0 Å². The zero-order valence-corrected chi connectivity index (χ0v) is 15.2. The summed E-state index contributed by atoms with van der Waals surface area (Å²) in [4.78, 5) is 37.7. The Morgan fingerprint density at radius 1 is 1.22 bits per heavy atom. The first kappa shape index (κ1) is 18.8. The minimum atomic E-state index is -0.574. The topological polar surface area (TPSA) is 87.7 Å². The van der Waals surface area contributed by atoms with Crippen molar-refractivity contribution in [3.05, 3.63) is 48.0 Å². The van der Waals surface area contributed by atoms with Gasteiger partial charge in [0.2, 0.25) is 11.8 Å². The van der Waals surface area contributed by atoms with Gasteiger partial charge in [-0.25, -0.2) is 0 Å². The van der Waals surface area contributed by atoms with E-state index in [1.807, 2.05) is 29.2 Å². The van der Waals surface area contributed by atoms with Crippen molar-refractivity contribution in [3.8, 4) is 0 Å². The van der Waals surface area contributed by atoms with Crippen molar-refractivity contribution in [2.75, 3.05) is 26.7 Å².